The number of carbonyl (C=O) groups excluding carboxylic acids is 1. The number of carbonyl (C=O) groups is 1. The summed E-state index contributed by atoms with van der Waals surface area (Å²) in [5, 5.41) is 2.89. The van der Waals surface area contributed by atoms with E-state index in [0.29, 0.717) is 24.9 Å². The molecule has 0 fully saturated rings. The maximum atomic E-state index is 12.0. The number of pyridine rings is 1. The molecule has 0 spiro atoms. The van der Waals surface area contributed by atoms with Crippen molar-refractivity contribution in [3.63, 3.8) is 0 Å². The van der Waals surface area contributed by atoms with Crippen molar-refractivity contribution in [2.75, 3.05) is 13.7 Å². The van der Waals surface area contributed by atoms with Gasteiger partial charge in [0.2, 0.25) is 11.8 Å². The first-order valence-corrected chi connectivity index (χ1v) is 6.54. The fourth-order valence-corrected chi connectivity index (χ4v) is 1.95. The van der Waals surface area contributed by atoms with E-state index in [-0.39, 0.29) is 11.8 Å². The van der Waals surface area contributed by atoms with Gasteiger partial charge in [-0.15, -0.1) is 0 Å². The molecular formula is C14H23N3O2. The molecule has 0 aliphatic heterocycles. The molecule has 0 saturated carbocycles. The fraction of sp³-hybridized carbons (Fsp3) is 0.571. The van der Waals surface area contributed by atoms with Crippen LogP contribution in [0.5, 0.6) is 5.88 Å². The molecule has 1 aromatic heterocycles. The Morgan fingerprint density at radius 2 is 2.26 bits per heavy atom. The Kier molecular flexibility index (Phi) is 6.29. The van der Waals surface area contributed by atoms with Crippen molar-refractivity contribution in [2.24, 2.45) is 17.6 Å². The second kappa shape index (κ2) is 7.74. The highest BCUT2D eigenvalue weighted by Gasteiger charge is 2.18. The van der Waals surface area contributed by atoms with Crippen molar-refractivity contribution in [3.05, 3.63) is 23.9 Å². The van der Waals surface area contributed by atoms with Crippen LogP contribution in [0.25, 0.3) is 0 Å². The Morgan fingerprint density at radius 1 is 1.53 bits per heavy atom. The Balaban J connectivity index is 2.57. The zero-order valence-electron chi connectivity index (χ0n) is 11.8. The number of rotatable bonds is 7. The maximum Gasteiger partial charge on any atom is 0.224 e. The smallest absolute Gasteiger partial charge is 0.224 e. The molecular weight excluding hydrogens is 242 g/mol. The Hall–Kier alpha value is -1.62. The monoisotopic (exact) mass is 265 g/mol. The minimum atomic E-state index is -0.136. The normalized spacial score (nSPS) is 12.3. The van der Waals surface area contributed by atoms with Crippen molar-refractivity contribution in [1.82, 2.24) is 10.3 Å². The molecule has 1 aromatic rings. The van der Waals surface area contributed by atoms with Crippen LogP contribution in [0, 0.1) is 11.8 Å². The van der Waals surface area contributed by atoms with Crippen molar-refractivity contribution in [1.29, 1.82) is 0 Å². The molecule has 106 valence electrons. The number of hydrogen-bond acceptors (Lipinski definition) is 4. The van der Waals surface area contributed by atoms with Crippen molar-refractivity contribution >= 4 is 5.91 Å². The Labute approximate surface area is 114 Å². The van der Waals surface area contributed by atoms with Gasteiger partial charge in [-0.25, -0.2) is 4.98 Å². The average molecular weight is 265 g/mol. The van der Waals surface area contributed by atoms with E-state index in [9.17, 15) is 4.79 Å². The minimum Gasteiger partial charge on any atom is -0.481 e. The molecule has 1 unspecified atom stereocenters. The van der Waals surface area contributed by atoms with E-state index >= 15 is 0 Å². The number of ether oxygens (including phenoxy) is 1. The highest BCUT2D eigenvalue weighted by molar-refractivity contribution is 5.78. The first-order chi connectivity index (χ1) is 9.08. The van der Waals surface area contributed by atoms with Crippen LogP contribution in [-0.4, -0.2) is 24.5 Å². The van der Waals surface area contributed by atoms with Gasteiger partial charge in [0.25, 0.3) is 0 Å². The third-order valence-electron chi connectivity index (χ3n) is 2.91. The number of methoxy groups -OCH3 is 1. The van der Waals surface area contributed by atoms with Crippen LogP contribution in [0.3, 0.4) is 0 Å². The zero-order valence-corrected chi connectivity index (χ0v) is 11.8. The van der Waals surface area contributed by atoms with Gasteiger partial charge in [0.05, 0.1) is 13.0 Å². The van der Waals surface area contributed by atoms with E-state index in [2.05, 4.69) is 24.1 Å². The third kappa shape index (κ3) is 4.87. The molecule has 1 heterocycles. The lowest BCUT2D eigenvalue weighted by Gasteiger charge is -2.17. The lowest BCUT2D eigenvalue weighted by atomic mass is 9.96. The molecule has 19 heavy (non-hydrogen) atoms. The molecule has 5 heteroatoms. The van der Waals surface area contributed by atoms with Crippen LogP contribution < -0.4 is 15.8 Å². The van der Waals surface area contributed by atoms with Gasteiger partial charge in [0.1, 0.15) is 0 Å². The molecule has 0 aliphatic carbocycles. The summed E-state index contributed by atoms with van der Waals surface area (Å²) < 4.78 is 5.14. The fourth-order valence-electron chi connectivity index (χ4n) is 1.95. The second-order valence-corrected chi connectivity index (χ2v) is 4.95. The Morgan fingerprint density at radius 3 is 2.84 bits per heavy atom. The molecule has 0 aliphatic rings. The van der Waals surface area contributed by atoms with Crippen molar-refractivity contribution in [2.45, 2.75) is 26.8 Å². The van der Waals surface area contributed by atoms with Crippen LogP contribution >= 0.6 is 0 Å². The highest BCUT2D eigenvalue weighted by Crippen LogP contribution is 2.14. The van der Waals surface area contributed by atoms with Crippen LogP contribution in [0.1, 0.15) is 25.8 Å². The summed E-state index contributed by atoms with van der Waals surface area (Å²) in [5.41, 5.74) is 6.51. The first-order valence-electron chi connectivity index (χ1n) is 6.54. The number of nitrogens with one attached hydrogen (secondary N) is 1. The van der Waals surface area contributed by atoms with Gasteiger partial charge in [-0.1, -0.05) is 19.9 Å². The zero-order chi connectivity index (χ0) is 14.3. The largest absolute Gasteiger partial charge is 0.481 e. The van der Waals surface area contributed by atoms with Gasteiger partial charge in [0.15, 0.2) is 0 Å². The summed E-state index contributed by atoms with van der Waals surface area (Å²) >= 11 is 0. The topological polar surface area (TPSA) is 77.2 Å². The van der Waals surface area contributed by atoms with Crippen LogP contribution in [0.15, 0.2) is 18.3 Å². The summed E-state index contributed by atoms with van der Waals surface area (Å²) in [6, 6.07) is 3.70. The lowest BCUT2D eigenvalue weighted by Crippen LogP contribution is -2.35. The van der Waals surface area contributed by atoms with E-state index in [1.54, 1.807) is 13.3 Å². The first kappa shape index (κ1) is 15.4. The summed E-state index contributed by atoms with van der Waals surface area (Å²) in [6.07, 6.45) is 2.46. The molecule has 0 saturated heterocycles. The predicted molar refractivity (Wildman–Crippen MR) is 74.6 cm³/mol. The Bertz CT molecular complexity index is 407. The molecule has 0 bridgehead atoms. The molecule has 1 amide bonds. The number of hydrogen-bond donors (Lipinski definition) is 2. The van der Waals surface area contributed by atoms with E-state index in [4.69, 9.17) is 10.5 Å². The minimum absolute atomic E-state index is 0.0119. The van der Waals surface area contributed by atoms with E-state index in [1.807, 2.05) is 12.1 Å². The van der Waals surface area contributed by atoms with Gasteiger partial charge < -0.3 is 15.8 Å². The number of nitrogens with two attached hydrogens (primary N) is 1. The van der Waals surface area contributed by atoms with Crippen LogP contribution in [-0.2, 0) is 11.3 Å². The van der Waals surface area contributed by atoms with Crippen molar-refractivity contribution < 1.29 is 9.53 Å². The average Bonchev–Trinajstić information content (AvgIpc) is 2.42. The predicted octanol–water partition coefficient (Wildman–Crippen LogP) is 1.33. The van der Waals surface area contributed by atoms with Gasteiger partial charge in [-0.05, 0) is 18.4 Å². The summed E-state index contributed by atoms with van der Waals surface area (Å²) in [4.78, 5) is 16.1. The molecule has 3 N–H and O–H groups in total. The lowest BCUT2D eigenvalue weighted by molar-refractivity contribution is -0.125. The summed E-state index contributed by atoms with van der Waals surface area (Å²) in [5.74, 6) is 0.841. The molecule has 1 rings (SSSR count). The van der Waals surface area contributed by atoms with Gasteiger partial charge in [-0.3, -0.25) is 4.79 Å². The van der Waals surface area contributed by atoms with Gasteiger partial charge in [-0.2, -0.15) is 0 Å². The standard InChI is InChI=1S/C14H23N3O2/c1-10(2)7-12(8-15)13(18)17-9-11-5-4-6-16-14(11)19-3/h4-6,10,12H,7-9,15H2,1-3H3,(H,17,18). The number of amides is 1. The summed E-state index contributed by atoms with van der Waals surface area (Å²) in [6.45, 7) is 4.94. The quantitative estimate of drug-likeness (QED) is 0.779. The van der Waals surface area contributed by atoms with E-state index < -0.39 is 0 Å². The van der Waals surface area contributed by atoms with Gasteiger partial charge >= 0.3 is 0 Å². The SMILES string of the molecule is COc1ncccc1CNC(=O)C(CN)CC(C)C. The van der Waals surface area contributed by atoms with E-state index in [0.717, 1.165) is 12.0 Å². The van der Waals surface area contributed by atoms with E-state index in [1.165, 1.54) is 0 Å². The molecule has 5 nitrogen and oxygen atoms in total. The third-order valence-corrected chi connectivity index (χ3v) is 2.91. The number of nitrogens with zero attached hydrogens (tertiary/aromatic N) is 1. The van der Waals surface area contributed by atoms with Crippen molar-refractivity contribution in [3.8, 4) is 5.88 Å². The van der Waals surface area contributed by atoms with Crippen LogP contribution in [0.4, 0.5) is 0 Å². The van der Waals surface area contributed by atoms with Gasteiger partial charge in [0, 0.05) is 24.8 Å². The molecule has 0 radical (unpaired) electrons. The molecule has 1 atom stereocenters. The second-order valence-electron chi connectivity index (χ2n) is 4.95. The summed E-state index contributed by atoms with van der Waals surface area (Å²) in [7, 11) is 1.56. The van der Waals surface area contributed by atoms with Crippen LogP contribution in [0.2, 0.25) is 0 Å². The maximum absolute atomic E-state index is 12.0. The number of aromatic nitrogens is 1. The molecule has 0 aromatic carbocycles. The highest BCUT2D eigenvalue weighted by atomic mass is 16.5.